The molecule has 0 spiro atoms. The number of anilines is 2. The van der Waals surface area contributed by atoms with Gasteiger partial charge in [0.05, 0.1) is 11.4 Å². The van der Waals surface area contributed by atoms with Gasteiger partial charge in [0.25, 0.3) is 15.9 Å². The van der Waals surface area contributed by atoms with Crippen LogP contribution in [0.25, 0.3) is 0 Å². The largest absolute Gasteiger partial charge is 0.482 e. The Morgan fingerprint density at radius 2 is 1.83 bits per heavy atom. The number of carbonyl (C=O) groups excluding carboxylic acids is 1. The van der Waals surface area contributed by atoms with Gasteiger partial charge in [0.2, 0.25) is 0 Å². The molecule has 9 heteroatoms. The van der Waals surface area contributed by atoms with E-state index in [0.717, 1.165) is 18.2 Å². The molecule has 0 saturated heterocycles. The van der Waals surface area contributed by atoms with Crippen molar-refractivity contribution < 1.29 is 26.7 Å². The van der Waals surface area contributed by atoms with Gasteiger partial charge in [-0.3, -0.25) is 9.52 Å². The van der Waals surface area contributed by atoms with Gasteiger partial charge in [0.1, 0.15) is 17.4 Å². The molecule has 1 aliphatic rings. The van der Waals surface area contributed by atoms with Crippen LogP contribution in [0.4, 0.5) is 20.2 Å². The second kappa shape index (κ2) is 5.51. The number of hydrogen-bond acceptors (Lipinski definition) is 4. The minimum absolute atomic E-state index is 0.0252. The van der Waals surface area contributed by atoms with E-state index < -0.39 is 32.5 Å². The Bertz CT molecular complexity index is 879. The van der Waals surface area contributed by atoms with Crippen molar-refractivity contribution in [2.24, 2.45) is 0 Å². The molecule has 23 heavy (non-hydrogen) atoms. The third kappa shape index (κ3) is 2.95. The van der Waals surface area contributed by atoms with Crippen LogP contribution in [0.5, 0.6) is 5.75 Å². The molecule has 2 aromatic rings. The van der Waals surface area contributed by atoms with Gasteiger partial charge in [0, 0.05) is 0 Å². The Balaban J connectivity index is 1.95. The molecule has 120 valence electrons. The number of sulfonamides is 1. The molecule has 0 aliphatic carbocycles. The number of rotatable bonds is 3. The van der Waals surface area contributed by atoms with Crippen LogP contribution in [-0.4, -0.2) is 20.9 Å². The van der Waals surface area contributed by atoms with Crippen LogP contribution in [0.3, 0.4) is 0 Å². The standard InChI is InChI=1S/C14H10F2N2O4S/c15-9-2-1-3-10(16)14(9)23(20,21)18-8-4-5-12-11(6-8)17-13(19)7-22-12/h1-6,18H,7H2,(H,17,19). The van der Waals surface area contributed by atoms with Gasteiger partial charge in [-0.1, -0.05) is 6.07 Å². The number of benzene rings is 2. The predicted octanol–water partition coefficient (Wildman–Crippen LogP) is 2.10. The van der Waals surface area contributed by atoms with Crippen molar-refractivity contribution in [3.8, 4) is 5.75 Å². The molecule has 0 saturated carbocycles. The Labute approximate surface area is 130 Å². The molecular weight excluding hydrogens is 330 g/mol. The van der Waals surface area contributed by atoms with Gasteiger partial charge in [-0.2, -0.15) is 0 Å². The Morgan fingerprint density at radius 3 is 2.52 bits per heavy atom. The zero-order chi connectivity index (χ0) is 16.6. The van der Waals surface area contributed by atoms with Gasteiger partial charge in [0.15, 0.2) is 11.5 Å². The number of hydrogen-bond donors (Lipinski definition) is 2. The molecule has 2 aromatic carbocycles. The van der Waals surface area contributed by atoms with E-state index in [2.05, 4.69) is 10.0 Å². The van der Waals surface area contributed by atoms with Crippen molar-refractivity contribution in [1.82, 2.24) is 0 Å². The minimum Gasteiger partial charge on any atom is -0.482 e. The zero-order valence-corrected chi connectivity index (χ0v) is 12.3. The molecule has 3 rings (SSSR count). The third-order valence-corrected chi connectivity index (χ3v) is 4.48. The van der Waals surface area contributed by atoms with E-state index in [0.29, 0.717) is 5.75 Å². The first-order valence-corrected chi connectivity index (χ1v) is 7.89. The van der Waals surface area contributed by atoms with Gasteiger partial charge >= 0.3 is 0 Å². The van der Waals surface area contributed by atoms with Crippen molar-refractivity contribution in [2.75, 3.05) is 16.6 Å². The summed E-state index contributed by atoms with van der Waals surface area (Å²) in [5.41, 5.74) is 0.285. The smallest absolute Gasteiger partial charge is 0.267 e. The number of halogens is 2. The first-order valence-electron chi connectivity index (χ1n) is 6.40. The first kappa shape index (κ1) is 15.2. The second-order valence-electron chi connectivity index (χ2n) is 4.70. The summed E-state index contributed by atoms with van der Waals surface area (Å²) in [5, 5.41) is 2.50. The monoisotopic (exact) mass is 340 g/mol. The maximum atomic E-state index is 13.6. The van der Waals surface area contributed by atoms with Crippen LogP contribution in [0.1, 0.15) is 0 Å². The summed E-state index contributed by atoms with van der Waals surface area (Å²) in [4.78, 5) is 10.2. The van der Waals surface area contributed by atoms with E-state index in [4.69, 9.17) is 4.74 Å². The van der Waals surface area contributed by atoms with Crippen LogP contribution >= 0.6 is 0 Å². The number of carbonyl (C=O) groups is 1. The van der Waals surface area contributed by atoms with Gasteiger partial charge < -0.3 is 10.1 Å². The maximum Gasteiger partial charge on any atom is 0.267 e. The van der Waals surface area contributed by atoms with Crippen molar-refractivity contribution >= 4 is 27.3 Å². The average Bonchev–Trinajstić information content (AvgIpc) is 2.45. The molecule has 0 fully saturated rings. The fourth-order valence-corrected chi connectivity index (χ4v) is 3.28. The van der Waals surface area contributed by atoms with E-state index in [1.165, 1.54) is 18.2 Å². The minimum atomic E-state index is -4.47. The van der Waals surface area contributed by atoms with Gasteiger partial charge in [-0.05, 0) is 30.3 Å². The van der Waals surface area contributed by atoms with Crippen LogP contribution in [-0.2, 0) is 14.8 Å². The van der Waals surface area contributed by atoms with Gasteiger partial charge in [-0.25, -0.2) is 17.2 Å². The summed E-state index contributed by atoms with van der Waals surface area (Å²) in [6, 6.07) is 6.84. The highest BCUT2D eigenvalue weighted by Gasteiger charge is 2.24. The van der Waals surface area contributed by atoms with Crippen LogP contribution in [0, 0.1) is 11.6 Å². The maximum absolute atomic E-state index is 13.6. The van der Waals surface area contributed by atoms with E-state index in [1.54, 1.807) is 0 Å². The van der Waals surface area contributed by atoms with Crippen LogP contribution in [0.15, 0.2) is 41.3 Å². The fraction of sp³-hybridized carbons (Fsp3) is 0.0714. The molecule has 1 aliphatic heterocycles. The lowest BCUT2D eigenvalue weighted by Gasteiger charge is -2.19. The predicted molar refractivity (Wildman–Crippen MR) is 77.7 cm³/mol. The summed E-state index contributed by atoms with van der Waals surface area (Å²) in [6.07, 6.45) is 0. The molecule has 0 unspecified atom stereocenters. The molecular formula is C14H10F2N2O4S. The Hall–Kier alpha value is -2.68. The van der Waals surface area contributed by atoms with Crippen LogP contribution < -0.4 is 14.8 Å². The summed E-state index contributed by atoms with van der Waals surface area (Å²) in [5.74, 6) is -2.43. The highest BCUT2D eigenvalue weighted by Crippen LogP contribution is 2.31. The zero-order valence-electron chi connectivity index (χ0n) is 11.5. The molecule has 0 aromatic heterocycles. The van der Waals surface area contributed by atoms with E-state index in [1.807, 2.05) is 0 Å². The van der Waals surface area contributed by atoms with E-state index in [9.17, 15) is 22.0 Å². The molecule has 0 radical (unpaired) electrons. The normalized spacial score (nSPS) is 13.7. The summed E-state index contributed by atoms with van der Waals surface area (Å²) in [7, 11) is -4.47. The fourth-order valence-electron chi connectivity index (χ4n) is 2.09. The van der Waals surface area contributed by atoms with Crippen molar-refractivity contribution in [1.29, 1.82) is 0 Å². The van der Waals surface area contributed by atoms with Crippen molar-refractivity contribution in [2.45, 2.75) is 4.90 Å². The topological polar surface area (TPSA) is 84.5 Å². The highest BCUT2D eigenvalue weighted by atomic mass is 32.2. The highest BCUT2D eigenvalue weighted by molar-refractivity contribution is 7.92. The Morgan fingerprint density at radius 1 is 1.13 bits per heavy atom. The number of nitrogens with one attached hydrogen (secondary N) is 2. The van der Waals surface area contributed by atoms with Crippen molar-refractivity contribution in [3.05, 3.63) is 48.0 Å². The lowest BCUT2D eigenvalue weighted by molar-refractivity contribution is -0.118. The molecule has 0 atom stereocenters. The number of fused-ring (bicyclic) bond motifs is 1. The molecule has 1 heterocycles. The summed E-state index contributed by atoms with van der Waals surface area (Å²) < 4.78 is 58.8. The molecule has 0 bridgehead atoms. The van der Waals surface area contributed by atoms with Crippen molar-refractivity contribution in [3.63, 3.8) is 0 Å². The first-order chi connectivity index (χ1) is 10.9. The lowest BCUT2D eigenvalue weighted by atomic mass is 10.2. The lowest BCUT2D eigenvalue weighted by Crippen LogP contribution is -2.25. The summed E-state index contributed by atoms with van der Waals surface area (Å²) in [6.45, 7) is -0.140. The molecule has 6 nitrogen and oxygen atoms in total. The molecule has 1 amide bonds. The third-order valence-electron chi connectivity index (χ3n) is 3.05. The van der Waals surface area contributed by atoms with Crippen LogP contribution in [0.2, 0.25) is 0 Å². The van der Waals surface area contributed by atoms with Gasteiger partial charge in [-0.15, -0.1) is 0 Å². The number of amides is 1. The summed E-state index contributed by atoms with van der Waals surface area (Å²) >= 11 is 0. The molecule has 2 N–H and O–H groups in total. The second-order valence-corrected chi connectivity index (χ2v) is 6.32. The average molecular weight is 340 g/mol. The SMILES string of the molecule is O=C1COc2ccc(NS(=O)(=O)c3c(F)cccc3F)cc2N1. The number of ether oxygens (including phenoxy) is 1. The quantitative estimate of drug-likeness (QED) is 0.896. The van der Waals surface area contributed by atoms with E-state index >= 15 is 0 Å². The van der Waals surface area contributed by atoms with E-state index in [-0.39, 0.29) is 18.0 Å². The Kier molecular flexibility index (Phi) is 3.64.